The van der Waals surface area contributed by atoms with Crippen molar-refractivity contribution in [2.75, 3.05) is 13.1 Å². The van der Waals surface area contributed by atoms with Crippen LogP contribution in [0.1, 0.15) is 32.6 Å². The van der Waals surface area contributed by atoms with Crippen LogP contribution in [0, 0.1) is 23.7 Å². The summed E-state index contributed by atoms with van der Waals surface area (Å²) in [6, 6.07) is 0.406. The zero-order chi connectivity index (χ0) is 12.7. The highest BCUT2D eigenvalue weighted by Crippen LogP contribution is 2.44. The molecule has 0 radical (unpaired) electrons. The lowest BCUT2D eigenvalue weighted by atomic mass is 9.88. The Balaban J connectivity index is 1.69. The topological polar surface area (TPSA) is 46.3 Å². The number of rotatable bonds is 2. The molecular formula is C15H24N2O. The first kappa shape index (κ1) is 12.2. The molecule has 0 aromatic heterocycles. The molecule has 3 nitrogen and oxygen atoms in total. The fourth-order valence-corrected chi connectivity index (χ4v) is 3.96. The number of nitrogens with two attached hydrogens (primary N) is 1. The molecule has 1 aliphatic heterocycles. The Hall–Kier alpha value is -0.830. The van der Waals surface area contributed by atoms with Gasteiger partial charge in [0.2, 0.25) is 5.91 Å². The van der Waals surface area contributed by atoms with Gasteiger partial charge >= 0.3 is 0 Å². The molecule has 0 aromatic rings. The third-order valence-electron chi connectivity index (χ3n) is 5.19. The van der Waals surface area contributed by atoms with Crippen LogP contribution in [0.3, 0.4) is 0 Å². The van der Waals surface area contributed by atoms with Crippen molar-refractivity contribution in [3.63, 3.8) is 0 Å². The Bertz CT molecular complexity index is 366. The van der Waals surface area contributed by atoms with Crippen LogP contribution in [0.4, 0.5) is 0 Å². The first-order valence-electron chi connectivity index (χ1n) is 7.38. The highest BCUT2D eigenvalue weighted by Gasteiger charge is 2.43. The Morgan fingerprint density at radius 2 is 2.17 bits per heavy atom. The molecular weight excluding hydrogens is 224 g/mol. The van der Waals surface area contributed by atoms with Crippen LogP contribution in [0.2, 0.25) is 0 Å². The van der Waals surface area contributed by atoms with E-state index in [-0.39, 0.29) is 5.92 Å². The molecule has 1 saturated carbocycles. The zero-order valence-corrected chi connectivity index (χ0v) is 11.2. The molecule has 2 fully saturated rings. The van der Waals surface area contributed by atoms with E-state index in [1.54, 1.807) is 0 Å². The molecule has 1 heterocycles. The summed E-state index contributed by atoms with van der Waals surface area (Å²) in [5.41, 5.74) is 5.78. The van der Waals surface area contributed by atoms with E-state index in [9.17, 15) is 4.79 Å². The number of carbonyl (C=O) groups is 1. The quantitative estimate of drug-likeness (QED) is 0.757. The molecule has 2 aliphatic carbocycles. The fourth-order valence-electron chi connectivity index (χ4n) is 3.96. The standard InChI is InChI=1S/C15H24N2O/c1-10-2-3-12(8-16)9-17(10)15(18)14-7-11-4-5-13(14)6-11/h4-5,10-14H,2-3,6-9,16H2,1H3. The Morgan fingerprint density at radius 3 is 2.78 bits per heavy atom. The predicted molar refractivity (Wildman–Crippen MR) is 71.8 cm³/mol. The molecule has 0 aromatic carbocycles. The molecule has 5 unspecified atom stereocenters. The summed E-state index contributed by atoms with van der Waals surface area (Å²) in [5.74, 6) is 2.37. The second-order valence-electron chi connectivity index (χ2n) is 6.41. The minimum atomic E-state index is 0.263. The number of carbonyl (C=O) groups excluding carboxylic acids is 1. The van der Waals surface area contributed by atoms with E-state index in [0.29, 0.717) is 36.2 Å². The molecule has 2 N–H and O–H groups in total. The van der Waals surface area contributed by atoms with Crippen molar-refractivity contribution in [1.29, 1.82) is 0 Å². The van der Waals surface area contributed by atoms with Gasteiger partial charge in [0.15, 0.2) is 0 Å². The monoisotopic (exact) mass is 248 g/mol. The van der Waals surface area contributed by atoms with Crippen molar-refractivity contribution in [3.8, 4) is 0 Å². The van der Waals surface area contributed by atoms with Gasteiger partial charge in [-0.25, -0.2) is 0 Å². The van der Waals surface area contributed by atoms with Crippen LogP contribution in [0.15, 0.2) is 12.2 Å². The van der Waals surface area contributed by atoms with E-state index in [1.807, 2.05) is 0 Å². The lowest BCUT2D eigenvalue weighted by Crippen LogP contribution is -2.49. The van der Waals surface area contributed by atoms with E-state index >= 15 is 0 Å². The second kappa shape index (κ2) is 4.69. The molecule has 3 aliphatic rings. The van der Waals surface area contributed by atoms with Crippen molar-refractivity contribution in [2.45, 2.75) is 38.6 Å². The number of likely N-dealkylation sites (tertiary alicyclic amines) is 1. The summed E-state index contributed by atoms with van der Waals surface area (Å²) in [7, 11) is 0. The van der Waals surface area contributed by atoms with Gasteiger partial charge in [0.25, 0.3) is 0 Å². The summed E-state index contributed by atoms with van der Waals surface area (Å²) >= 11 is 0. The van der Waals surface area contributed by atoms with Gasteiger partial charge in [-0.3, -0.25) is 4.79 Å². The molecule has 2 bridgehead atoms. The molecule has 1 saturated heterocycles. The van der Waals surface area contributed by atoms with Gasteiger partial charge in [0.1, 0.15) is 0 Å². The van der Waals surface area contributed by atoms with Crippen molar-refractivity contribution in [2.24, 2.45) is 29.4 Å². The Kier molecular flexibility index (Phi) is 3.18. The van der Waals surface area contributed by atoms with Crippen LogP contribution in [-0.4, -0.2) is 29.9 Å². The number of piperidine rings is 1. The van der Waals surface area contributed by atoms with Crippen molar-refractivity contribution < 1.29 is 4.79 Å². The largest absolute Gasteiger partial charge is 0.339 e. The molecule has 100 valence electrons. The average Bonchev–Trinajstić information content (AvgIpc) is 3.01. The van der Waals surface area contributed by atoms with E-state index < -0.39 is 0 Å². The lowest BCUT2D eigenvalue weighted by molar-refractivity contribution is -0.140. The zero-order valence-electron chi connectivity index (χ0n) is 11.2. The lowest BCUT2D eigenvalue weighted by Gasteiger charge is -2.40. The van der Waals surface area contributed by atoms with Gasteiger partial charge in [-0.1, -0.05) is 12.2 Å². The Labute approximate surface area is 109 Å². The average molecular weight is 248 g/mol. The minimum absolute atomic E-state index is 0.263. The second-order valence-corrected chi connectivity index (χ2v) is 6.41. The SMILES string of the molecule is CC1CCC(CN)CN1C(=O)C1CC2C=CC1C2. The molecule has 0 spiro atoms. The number of hydrogen-bond donors (Lipinski definition) is 1. The highest BCUT2D eigenvalue weighted by atomic mass is 16.2. The summed E-state index contributed by atoms with van der Waals surface area (Å²) in [5, 5.41) is 0. The van der Waals surface area contributed by atoms with E-state index in [4.69, 9.17) is 5.73 Å². The van der Waals surface area contributed by atoms with Crippen LogP contribution >= 0.6 is 0 Å². The molecule has 18 heavy (non-hydrogen) atoms. The molecule has 3 heteroatoms. The fraction of sp³-hybridized carbons (Fsp3) is 0.800. The summed E-state index contributed by atoms with van der Waals surface area (Å²) in [6.07, 6.45) is 9.15. The first-order chi connectivity index (χ1) is 8.69. The van der Waals surface area contributed by atoms with Gasteiger partial charge in [-0.15, -0.1) is 0 Å². The van der Waals surface area contributed by atoms with Gasteiger partial charge in [0, 0.05) is 18.5 Å². The smallest absolute Gasteiger partial charge is 0.226 e. The maximum absolute atomic E-state index is 12.7. The maximum atomic E-state index is 12.7. The van der Waals surface area contributed by atoms with Crippen molar-refractivity contribution >= 4 is 5.91 Å². The number of hydrogen-bond acceptors (Lipinski definition) is 2. The minimum Gasteiger partial charge on any atom is -0.339 e. The van der Waals surface area contributed by atoms with E-state index in [1.165, 1.54) is 12.8 Å². The summed E-state index contributed by atoms with van der Waals surface area (Å²) in [4.78, 5) is 14.8. The van der Waals surface area contributed by atoms with Gasteiger partial charge in [-0.05, 0) is 56.9 Å². The van der Waals surface area contributed by atoms with Crippen LogP contribution in [0.5, 0.6) is 0 Å². The van der Waals surface area contributed by atoms with Crippen molar-refractivity contribution in [1.82, 2.24) is 4.90 Å². The predicted octanol–water partition coefficient (Wildman–Crippen LogP) is 1.78. The molecule has 5 atom stereocenters. The van der Waals surface area contributed by atoms with Crippen LogP contribution in [-0.2, 0) is 4.79 Å². The Morgan fingerprint density at radius 1 is 1.33 bits per heavy atom. The van der Waals surface area contributed by atoms with Gasteiger partial charge in [0.05, 0.1) is 0 Å². The van der Waals surface area contributed by atoms with Crippen LogP contribution in [0.25, 0.3) is 0 Å². The normalized spacial score (nSPS) is 42.6. The molecule has 1 amide bonds. The third kappa shape index (κ3) is 1.99. The van der Waals surface area contributed by atoms with Crippen LogP contribution < -0.4 is 5.73 Å². The van der Waals surface area contributed by atoms with Gasteiger partial charge < -0.3 is 10.6 Å². The maximum Gasteiger partial charge on any atom is 0.226 e. The number of amides is 1. The number of fused-ring (bicyclic) bond motifs is 2. The molecule has 3 rings (SSSR count). The van der Waals surface area contributed by atoms with E-state index in [0.717, 1.165) is 19.4 Å². The third-order valence-corrected chi connectivity index (χ3v) is 5.19. The summed E-state index contributed by atoms with van der Waals surface area (Å²) < 4.78 is 0. The first-order valence-corrected chi connectivity index (χ1v) is 7.38. The summed E-state index contributed by atoms with van der Waals surface area (Å²) in [6.45, 7) is 3.79. The van der Waals surface area contributed by atoms with Gasteiger partial charge in [-0.2, -0.15) is 0 Å². The van der Waals surface area contributed by atoms with Crippen molar-refractivity contribution in [3.05, 3.63) is 12.2 Å². The number of nitrogens with zero attached hydrogens (tertiary/aromatic N) is 1. The highest BCUT2D eigenvalue weighted by molar-refractivity contribution is 5.80. The van der Waals surface area contributed by atoms with E-state index in [2.05, 4.69) is 24.0 Å². The number of allylic oxidation sites excluding steroid dienone is 2.